The molecule has 4 nitrogen and oxygen atoms in total. The number of rotatable bonds is 4. The predicted molar refractivity (Wildman–Crippen MR) is 77.4 cm³/mol. The quantitative estimate of drug-likeness (QED) is 0.909. The van der Waals surface area contributed by atoms with Gasteiger partial charge in [0, 0.05) is 30.2 Å². The first-order chi connectivity index (χ1) is 8.76. The first kappa shape index (κ1) is 13.5. The molecule has 2 unspecified atom stereocenters. The van der Waals surface area contributed by atoms with Gasteiger partial charge in [-0.25, -0.2) is 4.98 Å². The van der Waals surface area contributed by atoms with Gasteiger partial charge in [-0.1, -0.05) is 12.8 Å². The Bertz CT molecular complexity index is 446. The van der Waals surface area contributed by atoms with E-state index in [1.54, 1.807) is 17.0 Å². The lowest BCUT2D eigenvalue weighted by molar-refractivity contribution is 0.473. The second-order valence-corrected chi connectivity index (χ2v) is 5.75. The van der Waals surface area contributed by atoms with Gasteiger partial charge in [0.2, 0.25) is 0 Å². The van der Waals surface area contributed by atoms with Crippen molar-refractivity contribution < 1.29 is 0 Å². The third-order valence-electron chi connectivity index (χ3n) is 3.58. The first-order valence-electron chi connectivity index (χ1n) is 6.61. The van der Waals surface area contributed by atoms with Crippen molar-refractivity contribution in [2.45, 2.75) is 50.4 Å². The van der Waals surface area contributed by atoms with Crippen LogP contribution < -0.4 is 10.9 Å². The maximum absolute atomic E-state index is 12.1. The van der Waals surface area contributed by atoms with Crippen LogP contribution >= 0.6 is 11.8 Å². The molecule has 0 aliphatic heterocycles. The highest BCUT2D eigenvalue weighted by Gasteiger charge is 2.25. The molecule has 1 N–H and O–H groups in total. The predicted octanol–water partition coefficient (Wildman–Crippen LogP) is 2.35. The van der Waals surface area contributed by atoms with Crippen molar-refractivity contribution in [2.24, 2.45) is 0 Å². The smallest absolute Gasteiger partial charge is 0.293 e. The van der Waals surface area contributed by atoms with Crippen molar-refractivity contribution in [1.29, 1.82) is 0 Å². The highest BCUT2D eigenvalue weighted by atomic mass is 32.2. The summed E-state index contributed by atoms with van der Waals surface area (Å²) >= 11 is 1.89. The number of nitrogens with one attached hydrogen (secondary N) is 1. The summed E-state index contributed by atoms with van der Waals surface area (Å²) in [7, 11) is 0. The fraction of sp³-hybridized carbons (Fsp3) is 0.692. The van der Waals surface area contributed by atoms with E-state index in [4.69, 9.17) is 0 Å². The summed E-state index contributed by atoms with van der Waals surface area (Å²) in [5, 5.41) is 3.95. The molecular formula is C13H21N3OS. The number of aryl methyl sites for hydroxylation is 1. The molecule has 1 aromatic heterocycles. The Morgan fingerprint density at radius 3 is 3.00 bits per heavy atom. The van der Waals surface area contributed by atoms with Gasteiger partial charge in [0.05, 0.1) is 0 Å². The molecule has 1 aromatic rings. The molecule has 0 saturated heterocycles. The lowest BCUT2D eigenvalue weighted by Crippen LogP contribution is -2.37. The van der Waals surface area contributed by atoms with Crippen LogP contribution in [0.1, 0.15) is 32.6 Å². The summed E-state index contributed by atoms with van der Waals surface area (Å²) in [6.45, 7) is 2.66. The molecule has 0 spiro atoms. The van der Waals surface area contributed by atoms with Crippen molar-refractivity contribution >= 4 is 17.6 Å². The molecule has 0 amide bonds. The average Bonchev–Trinajstić information content (AvgIpc) is 2.42. The molecule has 1 fully saturated rings. The second-order valence-electron chi connectivity index (χ2n) is 4.68. The number of hydrogen-bond donors (Lipinski definition) is 1. The van der Waals surface area contributed by atoms with Gasteiger partial charge < -0.3 is 9.88 Å². The fourth-order valence-corrected chi connectivity index (χ4v) is 3.45. The van der Waals surface area contributed by atoms with E-state index >= 15 is 0 Å². The summed E-state index contributed by atoms with van der Waals surface area (Å²) < 4.78 is 1.69. The van der Waals surface area contributed by atoms with Crippen LogP contribution in [0.3, 0.4) is 0 Å². The number of anilines is 1. The summed E-state index contributed by atoms with van der Waals surface area (Å²) in [4.78, 5) is 16.3. The lowest BCUT2D eigenvalue weighted by Gasteiger charge is -2.31. The van der Waals surface area contributed by atoms with Gasteiger partial charge in [-0.3, -0.25) is 4.79 Å². The lowest BCUT2D eigenvalue weighted by atomic mass is 9.95. The van der Waals surface area contributed by atoms with E-state index in [0.717, 1.165) is 6.42 Å². The van der Waals surface area contributed by atoms with E-state index < -0.39 is 0 Å². The molecule has 18 heavy (non-hydrogen) atoms. The van der Waals surface area contributed by atoms with E-state index in [2.05, 4.69) is 16.6 Å². The second kappa shape index (κ2) is 6.27. The summed E-state index contributed by atoms with van der Waals surface area (Å²) in [5.74, 6) is 0.505. The molecule has 1 saturated carbocycles. The van der Waals surface area contributed by atoms with Crippen LogP contribution in [-0.2, 0) is 6.54 Å². The number of aromatic nitrogens is 2. The van der Waals surface area contributed by atoms with Gasteiger partial charge in [-0.05, 0) is 26.0 Å². The summed E-state index contributed by atoms with van der Waals surface area (Å²) in [6.07, 6.45) is 10.5. The molecule has 100 valence electrons. The highest BCUT2D eigenvalue weighted by molar-refractivity contribution is 7.99. The van der Waals surface area contributed by atoms with Crippen LogP contribution in [0.15, 0.2) is 17.2 Å². The Morgan fingerprint density at radius 1 is 1.50 bits per heavy atom. The molecule has 2 atom stereocenters. The molecule has 5 heteroatoms. The SMILES string of the molecule is CCn1ccnc(NC2CCCCC2SC)c1=O. The van der Waals surface area contributed by atoms with Crippen LogP contribution in [0.5, 0.6) is 0 Å². The van der Waals surface area contributed by atoms with Crippen LogP contribution in [0.25, 0.3) is 0 Å². The van der Waals surface area contributed by atoms with Crippen molar-refractivity contribution in [3.05, 3.63) is 22.7 Å². The van der Waals surface area contributed by atoms with Crippen LogP contribution in [0, 0.1) is 0 Å². The Kier molecular flexibility index (Phi) is 4.69. The largest absolute Gasteiger partial charge is 0.362 e. The van der Waals surface area contributed by atoms with Crippen molar-refractivity contribution in [1.82, 2.24) is 9.55 Å². The minimum absolute atomic E-state index is 0.00886. The van der Waals surface area contributed by atoms with Crippen LogP contribution in [0.4, 0.5) is 5.82 Å². The molecule has 2 rings (SSSR count). The molecule has 1 aliphatic carbocycles. The zero-order chi connectivity index (χ0) is 13.0. The first-order valence-corrected chi connectivity index (χ1v) is 7.89. The Hall–Kier alpha value is -0.970. The van der Waals surface area contributed by atoms with E-state index in [9.17, 15) is 4.79 Å². The summed E-state index contributed by atoms with van der Waals surface area (Å²) in [5.41, 5.74) is -0.00886. The number of hydrogen-bond acceptors (Lipinski definition) is 4. The molecule has 0 aromatic carbocycles. The third kappa shape index (κ3) is 2.88. The van der Waals surface area contributed by atoms with E-state index in [1.807, 2.05) is 18.7 Å². The Morgan fingerprint density at radius 2 is 2.28 bits per heavy atom. The van der Waals surface area contributed by atoms with E-state index in [-0.39, 0.29) is 5.56 Å². The van der Waals surface area contributed by atoms with Gasteiger partial charge in [0.25, 0.3) is 5.56 Å². The van der Waals surface area contributed by atoms with Crippen molar-refractivity contribution in [2.75, 3.05) is 11.6 Å². The zero-order valence-corrected chi connectivity index (χ0v) is 11.9. The Balaban J connectivity index is 2.15. The fourth-order valence-electron chi connectivity index (χ4n) is 2.51. The van der Waals surface area contributed by atoms with Gasteiger partial charge in [-0.15, -0.1) is 0 Å². The molecular weight excluding hydrogens is 246 g/mol. The summed E-state index contributed by atoms with van der Waals surface area (Å²) in [6, 6.07) is 0.377. The third-order valence-corrected chi connectivity index (χ3v) is 4.75. The number of nitrogens with zero attached hydrogens (tertiary/aromatic N) is 2. The normalized spacial score (nSPS) is 23.9. The number of thioether (sulfide) groups is 1. The van der Waals surface area contributed by atoms with Crippen molar-refractivity contribution in [3.63, 3.8) is 0 Å². The Labute approximate surface area is 112 Å². The monoisotopic (exact) mass is 267 g/mol. The molecule has 1 heterocycles. The molecule has 0 radical (unpaired) electrons. The maximum Gasteiger partial charge on any atom is 0.293 e. The van der Waals surface area contributed by atoms with E-state index in [1.165, 1.54) is 19.3 Å². The van der Waals surface area contributed by atoms with E-state index in [0.29, 0.717) is 23.7 Å². The van der Waals surface area contributed by atoms with Crippen LogP contribution in [0.2, 0.25) is 0 Å². The molecule has 0 bridgehead atoms. The van der Waals surface area contributed by atoms with Gasteiger partial charge >= 0.3 is 0 Å². The maximum atomic E-state index is 12.1. The minimum Gasteiger partial charge on any atom is -0.362 e. The standard InChI is InChI=1S/C13H21N3OS/c1-3-16-9-8-14-12(13(16)17)15-10-6-4-5-7-11(10)18-2/h8-11H,3-7H2,1-2H3,(H,14,15). The van der Waals surface area contributed by atoms with Gasteiger partial charge in [0.15, 0.2) is 5.82 Å². The van der Waals surface area contributed by atoms with Crippen LogP contribution in [-0.4, -0.2) is 27.1 Å². The van der Waals surface area contributed by atoms with Gasteiger partial charge in [-0.2, -0.15) is 11.8 Å². The topological polar surface area (TPSA) is 46.9 Å². The highest BCUT2D eigenvalue weighted by Crippen LogP contribution is 2.28. The van der Waals surface area contributed by atoms with Gasteiger partial charge in [0.1, 0.15) is 0 Å². The zero-order valence-electron chi connectivity index (χ0n) is 11.1. The van der Waals surface area contributed by atoms with Crippen molar-refractivity contribution in [3.8, 4) is 0 Å². The average molecular weight is 267 g/mol. The minimum atomic E-state index is -0.00886. The molecule has 1 aliphatic rings.